The molecule has 0 aliphatic carbocycles. The summed E-state index contributed by atoms with van der Waals surface area (Å²) in [5.74, 6) is -1.12. The maximum atomic E-state index is 14.1. The number of carboxylic acid groups (broad SMARTS) is 1. The molecule has 1 atom stereocenters. The summed E-state index contributed by atoms with van der Waals surface area (Å²) < 4.78 is 14.1. The molecule has 1 aromatic rings. The van der Waals surface area contributed by atoms with Crippen LogP contribution in [0.2, 0.25) is 0 Å². The van der Waals surface area contributed by atoms with E-state index in [1.807, 2.05) is 6.07 Å². The van der Waals surface area contributed by atoms with E-state index in [4.69, 9.17) is 5.26 Å². The Bertz CT molecular complexity index is 691. The fourth-order valence-corrected chi connectivity index (χ4v) is 2.83. The number of hydrogen-bond acceptors (Lipinski definition) is 3. The number of nitriles is 1. The van der Waals surface area contributed by atoms with Gasteiger partial charge in [-0.25, -0.2) is 9.18 Å². The second-order valence-corrected chi connectivity index (χ2v) is 6.40. The molecule has 1 N–H and O–H groups in total. The molecule has 1 fully saturated rings. The van der Waals surface area contributed by atoms with Gasteiger partial charge in [-0.1, -0.05) is 0 Å². The highest BCUT2D eigenvalue weighted by Gasteiger charge is 2.43. The van der Waals surface area contributed by atoms with Crippen LogP contribution >= 0.6 is 0 Å². The number of benzene rings is 1. The largest absolute Gasteiger partial charge is 0.465 e. The van der Waals surface area contributed by atoms with E-state index in [1.54, 1.807) is 20.8 Å². The Hall–Kier alpha value is -2.62. The van der Waals surface area contributed by atoms with Crippen LogP contribution in [-0.4, -0.2) is 40.1 Å². The van der Waals surface area contributed by atoms with Crippen molar-refractivity contribution < 1.29 is 19.1 Å². The number of carbonyl (C=O) groups excluding carboxylic acids is 1. The van der Waals surface area contributed by atoms with Gasteiger partial charge in [-0.2, -0.15) is 5.26 Å². The Balaban J connectivity index is 2.32. The lowest BCUT2D eigenvalue weighted by atomic mass is 10.0. The van der Waals surface area contributed by atoms with Crippen molar-refractivity contribution in [3.8, 4) is 6.07 Å². The summed E-state index contributed by atoms with van der Waals surface area (Å²) in [6, 6.07) is 4.85. The molecule has 0 saturated carbocycles. The minimum Gasteiger partial charge on any atom is -0.465 e. The summed E-state index contributed by atoms with van der Waals surface area (Å²) in [4.78, 5) is 26.5. The van der Waals surface area contributed by atoms with E-state index < -0.39 is 29.4 Å². The van der Waals surface area contributed by atoms with Crippen LogP contribution in [0.1, 0.15) is 32.8 Å². The molecule has 1 aromatic carbocycles. The third-order valence-electron chi connectivity index (χ3n) is 3.79. The van der Waals surface area contributed by atoms with Crippen LogP contribution in [0.25, 0.3) is 0 Å². The van der Waals surface area contributed by atoms with Gasteiger partial charge in [-0.05, 0) is 45.4 Å². The van der Waals surface area contributed by atoms with Gasteiger partial charge in [-0.15, -0.1) is 0 Å². The Morgan fingerprint density at radius 2 is 2.13 bits per heavy atom. The summed E-state index contributed by atoms with van der Waals surface area (Å²) in [5.41, 5.74) is -0.516. The summed E-state index contributed by atoms with van der Waals surface area (Å²) >= 11 is 0. The lowest BCUT2D eigenvalue weighted by Gasteiger charge is -2.36. The van der Waals surface area contributed by atoms with E-state index in [0.717, 1.165) is 11.0 Å². The molecule has 0 spiro atoms. The molecule has 1 saturated heterocycles. The first kappa shape index (κ1) is 16.7. The van der Waals surface area contributed by atoms with Gasteiger partial charge in [0.05, 0.1) is 17.3 Å². The standard InChI is InChI=1S/C16H18FN3O3/c1-16(2,3)20(15(22)23)13-6-7-19(14(13)21)12-5-4-10(9-18)8-11(12)17/h4-5,8,13H,6-7H2,1-3H3,(H,22,23)/t13-/m0/s1. The minimum absolute atomic E-state index is 0.0655. The third-order valence-corrected chi connectivity index (χ3v) is 3.79. The molecular weight excluding hydrogens is 301 g/mol. The number of carbonyl (C=O) groups is 2. The SMILES string of the molecule is CC(C)(C)N(C(=O)O)[C@H]1CCN(c2ccc(C#N)cc2F)C1=O. The number of hydrogen-bond donors (Lipinski definition) is 1. The maximum absolute atomic E-state index is 14.1. The van der Waals surface area contributed by atoms with Crippen molar-refractivity contribution >= 4 is 17.7 Å². The van der Waals surface area contributed by atoms with E-state index >= 15 is 0 Å². The molecule has 122 valence electrons. The normalized spacial score (nSPS) is 18.0. The summed E-state index contributed by atoms with van der Waals surface area (Å²) in [5, 5.41) is 18.2. The molecular formula is C16H18FN3O3. The molecule has 23 heavy (non-hydrogen) atoms. The Labute approximate surface area is 133 Å². The predicted octanol–water partition coefficient (Wildman–Crippen LogP) is 2.58. The molecule has 2 rings (SSSR count). The van der Waals surface area contributed by atoms with Crippen LogP contribution in [0.4, 0.5) is 14.9 Å². The molecule has 1 aliphatic rings. The lowest BCUT2D eigenvalue weighted by molar-refractivity contribution is -0.122. The molecule has 6 nitrogen and oxygen atoms in total. The van der Waals surface area contributed by atoms with Crippen LogP contribution < -0.4 is 4.90 Å². The Kier molecular flexibility index (Phi) is 4.28. The lowest BCUT2D eigenvalue weighted by Crippen LogP contribution is -2.54. The molecule has 0 bridgehead atoms. The van der Waals surface area contributed by atoms with Gasteiger partial charge in [0.15, 0.2) is 0 Å². The first-order chi connectivity index (χ1) is 10.7. The van der Waals surface area contributed by atoms with Crippen molar-refractivity contribution in [3.63, 3.8) is 0 Å². The molecule has 2 amide bonds. The smallest absolute Gasteiger partial charge is 0.408 e. The summed E-state index contributed by atoms with van der Waals surface area (Å²) in [7, 11) is 0. The van der Waals surface area contributed by atoms with E-state index in [2.05, 4.69) is 0 Å². The van der Waals surface area contributed by atoms with Crippen molar-refractivity contribution in [2.75, 3.05) is 11.4 Å². The second-order valence-electron chi connectivity index (χ2n) is 6.40. The number of amides is 2. The van der Waals surface area contributed by atoms with Crippen molar-refractivity contribution in [3.05, 3.63) is 29.6 Å². The second kappa shape index (κ2) is 5.88. The average molecular weight is 319 g/mol. The fraction of sp³-hybridized carbons (Fsp3) is 0.438. The van der Waals surface area contributed by atoms with E-state index in [1.165, 1.54) is 17.0 Å². The summed E-state index contributed by atoms with van der Waals surface area (Å²) in [6.45, 7) is 5.35. The molecule has 1 aliphatic heterocycles. The molecule has 7 heteroatoms. The van der Waals surface area contributed by atoms with E-state index in [-0.39, 0.29) is 17.8 Å². The molecule has 0 aromatic heterocycles. The van der Waals surface area contributed by atoms with Gasteiger partial charge in [-0.3, -0.25) is 9.69 Å². The van der Waals surface area contributed by atoms with Gasteiger partial charge >= 0.3 is 6.09 Å². The number of halogens is 1. The van der Waals surface area contributed by atoms with E-state index in [0.29, 0.717) is 6.42 Å². The van der Waals surface area contributed by atoms with Gasteiger partial charge in [0.25, 0.3) is 0 Å². The maximum Gasteiger partial charge on any atom is 0.408 e. The van der Waals surface area contributed by atoms with Crippen LogP contribution in [0.3, 0.4) is 0 Å². The third kappa shape index (κ3) is 3.11. The Morgan fingerprint density at radius 3 is 2.61 bits per heavy atom. The topological polar surface area (TPSA) is 84.6 Å². The van der Waals surface area contributed by atoms with Gasteiger partial charge in [0, 0.05) is 12.1 Å². The first-order valence-corrected chi connectivity index (χ1v) is 7.20. The zero-order chi connectivity index (χ0) is 17.4. The molecule has 1 heterocycles. The van der Waals surface area contributed by atoms with Gasteiger partial charge < -0.3 is 10.0 Å². The van der Waals surface area contributed by atoms with Crippen molar-refractivity contribution in [2.45, 2.75) is 38.8 Å². The molecule has 0 radical (unpaired) electrons. The zero-order valence-corrected chi connectivity index (χ0v) is 13.2. The van der Waals surface area contributed by atoms with Gasteiger partial charge in [0.2, 0.25) is 5.91 Å². The minimum atomic E-state index is -1.18. The summed E-state index contributed by atoms with van der Waals surface area (Å²) in [6.07, 6.45) is -0.889. The first-order valence-electron chi connectivity index (χ1n) is 7.20. The van der Waals surface area contributed by atoms with Crippen LogP contribution in [0.15, 0.2) is 18.2 Å². The highest BCUT2D eigenvalue weighted by Crippen LogP contribution is 2.30. The number of nitrogens with zero attached hydrogens (tertiary/aromatic N) is 3. The van der Waals surface area contributed by atoms with Crippen molar-refractivity contribution in [1.29, 1.82) is 5.26 Å². The van der Waals surface area contributed by atoms with Crippen molar-refractivity contribution in [1.82, 2.24) is 4.90 Å². The highest BCUT2D eigenvalue weighted by molar-refractivity contribution is 6.01. The van der Waals surface area contributed by atoms with Crippen molar-refractivity contribution in [2.24, 2.45) is 0 Å². The highest BCUT2D eigenvalue weighted by atomic mass is 19.1. The monoisotopic (exact) mass is 319 g/mol. The van der Waals surface area contributed by atoms with Crippen LogP contribution in [0, 0.1) is 17.1 Å². The van der Waals surface area contributed by atoms with E-state index in [9.17, 15) is 19.1 Å². The average Bonchev–Trinajstić information content (AvgIpc) is 2.79. The van der Waals surface area contributed by atoms with Crippen LogP contribution in [0.5, 0.6) is 0 Å². The number of anilines is 1. The number of rotatable bonds is 2. The quantitative estimate of drug-likeness (QED) is 0.908. The molecule has 0 unspecified atom stereocenters. The van der Waals surface area contributed by atoms with Gasteiger partial charge in [0.1, 0.15) is 11.9 Å². The van der Waals surface area contributed by atoms with Crippen LogP contribution in [-0.2, 0) is 4.79 Å². The predicted molar refractivity (Wildman–Crippen MR) is 81.5 cm³/mol. The fourth-order valence-electron chi connectivity index (χ4n) is 2.83. The zero-order valence-electron chi connectivity index (χ0n) is 13.2. The Morgan fingerprint density at radius 1 is 1.48 bits per heavy atom.